The fourth-order valence-electron chi connectivity index (χ4n) is 8.45. The van der Waals surface area contributed by atoms with Gasteiger partial charge in [0.1, 0.15) is 17.9 Å². The number of hydrogen-bond acceptors (Lipinski definition) is 9. The van der Waals surface area contributed by atoms with Gasteiger partial charge in [0.05, 0.1) is 26.4 Å². The number of ether oxygens (including phenoxy) is 1. The van der Waals surface area contributed by atoms with Crippen molar-refractivity contribution < 1.29 is 29.4 Å². The van der Waals surface area contributed by atoms with Crippen LogP contribution in [-0.2, 0) is 16.2 Å². The van der Waals surface area contributed by atoms with E-state index in [0.29, 0.717) is 40.3 Å². The minimum Gasteiger partial charge on any atom is -0.496 e. The highest BCUT2D eigenvalue weighted by Crippen LogP contribution is 2.47. The summed E-state index contributed by atoms with van der Waals surface area (Å²) >= 11 is 0. The molecule has 9 atom stereocenters. The van der Waals surface area contributed by atoms with E-state index in [2.05, 4.69) is 64.0 Å². The van der Waals surface area contributed by atoms with Crippen molar-refractivity contribution in [2.75, 3.05) is 40.1 Å². The van der Waals surface area contributed by atoms with E-state index in [1.165, 1.54) is 0 Å². The Morgan fingerprint density at radius 2 is 1.83 bits per heavy atom. The molecule has 0 radical (unpaired) electrons. The van der Waals surface area contributed by atoms with Crippen LogP contribution in [0.1, 0.15) is 84.2 Å². The van der Waals surface area contributed by atoms with Crippen molar-refractivity contribution in [1.29, 1.82) is 0 Å². The first-order chi connectivity index (χ1) is 24.4. The van der Waals surface area contributed by atoms with Crippen LogP contribution in [-0.4, -0.2) is 96.7 Å². The van der Waals surface area contributed by atoms with Gasteiger partial charge in [-0.15, -0.1) is 0 Å². The number of para-hydroxylation sites is 1. The first-order valence-electron chi connectivity index (χ1n) is 18.9. The lowest BCUT2D eigenvalue weighted by molar-refractivity contribution is -0.182. The van der Waals surface area contributed by atoms with Crippen molar-refractivity contribution in [2.45, 2.75) is 105 Å². The van der Waals surface area contributed by atoms with Crippen molar-refractivity contribution in [3.8, 4) is 16.9 Å². The van der Waals surface area contributed by atoms with Gasteiger partial charge in [0, 0.05) is 46.9 Å². The van der Waals surface area contributed by atoms with Gasteiger partial charge in [0.25, 0.3) is 5.91 Å². The van der Waals surface area contributed by atoms with Crippen molar-refractivity contribution in [3.63, 3.8) is 0 Å². The second-order valence-electron chi connectivity index (χ2n) is 16.8. The van der Waals surface area contributed by atoms with Crippen LogP contribution in [0, 0.1) is 35.0 Å². The fourth-order valence-corrected chi connectivity index (χ4v) is 8.45. The molecule has 1 aliphatic heterocycles. The fraction of sp³-hybridized carbons (Fsp3) is 0.659. The van der Waals surface area contributed by atoms with E-state index in [1.807, 2.05) is 44.4 Å². The minimum absolute atomic E-state index is 0.0240. The normalized spacial score (nSPS) is 27.4. The van der Waals surface area contributed by atoms with Gasteiger partial charge in [0.2, 0.25) is 5.91 Å². The molecule has 2 aromatic carbocycles. The first kappa shape index (κ1) is 41.5. The number of aliphatic hydroxyl groups excluding tert-OH is 2. The van der Waals surface area contributed by atoms with Crippen molar-refractivity contribution in [1.82, 2.24) is 20.6 Å². The number of nitrogens with zero attached hydrogens (tertiary/aromatic N) is 2. The Labute approximate surface area is 311 Å². The van der Waals surface area contributed by atoms with Gasteiger partial charge in [-0.1, -0.05) is 66.7 Å². The molecule has 0 bridgehead atoms. The van der Waals surface area contributed by atoms with Gasteiger partial charge in [0.15, 0.2) is 0 Å². The number of carbonyl (C=O) groups excluding carboxylic acids is 2. The Hall–Kier alpha value is -3.22. The lowest BCUT2D eigenvalue weighted by atomic mass is 9.58. The highest BCUT2D eigenvalue weighted by Gasteiger charge is 2.51. The third-order valence-corrected chi connectivity index (χ3v) is 12.0. The number of hydroxylamine groups is 2. The molecule has 0 unspecified atom stereocenters. The highest BCUT2D eigenvalue weighted by molar-refractivity contribution is 5.97. The molecule has 2 aromatic rings. The number of anilines is 1. The number of benzene rings is 2. The SMILES string of the molecule is COc1c(CN2O[C@@H](CO)[C@@H]([C@H](C)O)[C@H]2C(=O)N[C@H]2C[C@@H](C)C(C)(C)[C@@H](C)[C@@H]2C)cccc1-c1cc(N)cc(C(=O)N[C@@H](CC(C)C)CN(C)C)c1. The molecule has 1 saturated carbocycles. The summed E-state index contributed by atoms with van der Waals surface area (Å²) in [4.78, 5) is 36.2. The molecule has 0 spiro atoms. The molecule has 1 aliphatic carbocycles. The van der Waals surface area contributed by atoms with Crippen LogP contribution in [0.15, 0.2) is 36.4 Å². The summed E-state index contributed by atoms with van der Waals surface area (Å²) in [6.45, 7) is 17.7. The predicted molar refractivity (Wildman–Crippen MR) is 206 cm³/mol. The maximum Gasteiger partial charge on any atom is 0.251 e. The van der Waals surface area contributed by atoms with Crippen molar-refractivity contribution in [2.24, 2.45) is 35.0 Å². The molecule has 4 rings (SSSR count). The molecule has 290 valence electrons. The zero-order chi connectivity index (χ0) is 38.7. The number of amides is 2. The van der Waals surface area contributed by atoms with Gasteiger partial charge >= 0.3 is 0 Å². The van der Waals surface area contributed by atoms with E-state index in [9.17, 15) is 19.8 Å². The van der Waals surface area contributed by atoms with Crippen LogP contribution in [0.3, 0.4) is 0 Å². The number of carbonyl (C=O) groups is 2. The second-order valence-corrected chi connectivity index (χ2v) is 16.8. The standard InChI is InChI=1S/C41H65N5O6/c1-23(2)15-32(21-45(9)10)43-39(49)30-17-29(18-31(42)19-30)33-14-12-13-28(38(33)51-11)20-46-37(36(27(6)48)35(22-47)52-46)40(50)44-34-16-24(3)41(7,8)26(5)25(34)4/h12-14,17-19,23-27,32,34-37,47-48H,15-16,20-22,42H2,1-11H3,(H,43,49)(H,44,50)/t24-,25+,26+,27+,32+,34+,35+,36-,37+/m1/s1. The zero-order valence-electron chi connectivity index (χ0n) is 33.3. The van der Waals surface area contributed by atoms with Crippen molar-refractivity contribution >= 4 is 17.5 Å². The van der Waals surface area contributed by atoms with Crippen LogP contribution in [0.4, 0.5) is 5.69 Å². The smallest absolute Gasteiger partial charge is 0.251 e. The molecular weight excluding hydrogens is 658 g/mol. The summed E-state index contributed by atoms with van der Waals surface area (Å²) in [5.74, 6) is 0.909. The minimum atomic E-state index is -0.915. The van der Waals surface area contributed by atoms with E-state index in [1.54, 1.807) is 25.2 Å². The molecule has 0 aromatic heterocycles. The van der Waals surface area contributed by atoms with Gasteiger partial charge in [-0.25, -0.2) is 0 Å². The Bertz CT molecular complexity index is 1520. The van der Waals surface area contributed by atoms with Crippen LogP contribution in [0.25, 0.3) is 11.1 Å². The monoisotopic (exact) mass is 723 g/mol. The summed E-state index contributed by atoms with van der Waals surface area (Å²) in [6, 6.07) is 10.1. The van der Waals surface area contributed by atoms with Gasteiger partial charge in [-0.2, -0.15) is 5.06 Å². The molecule has 2 aliphatic rings. The molecule has 1 heterocycles. The van der Waals surface area contributed by atoms with Gasteiger partial charge < -0.3 is 36.2 Å². The zero-order valence-corrected chi connectivity index (χ0v) is 33.3. The number of aliphatic hydroxyl groups is 2. The number of rotatable bonds is 14. The molecule has 6 N–H and O–H groups in total. The average molecular weight is 724 g/mol. The number of hydrogen-bond donors (Lipinski definition) is 5. The van der Waals surface area contributed by atoms with Crippen LogP contribution >= 0.6 is 0 Å². The molecule has 2 amide bonds. The topological polar surface area (TPSA) is 150 Å². The van der Waals surface area contributed by atoms with Gasteiger partial charge in [-0.3, -0.25) is 14.4 Å². The maximum absolute atomic E-state index is 14.3. The number of nitrogen functional groups attached to an aromatic ring is 1. The Balaban J connectivity index is 1.65. The lowest BCUT2D eigenvalue weighted by Crippen LogP contribution is -2.56. The first-order valence-corrected chi connectivity index (χ1v) is 18.9. The largest absolute Gasteiger partial charge is 0.496 e. The molecule has 11 nitrogen and oxygen atoms in total. The number of methoxy groups -OCH3 is 1. The summed E-state index contributed by atoms with van der Waals surface area (Å²) in [7, 11) is 5.57. The summed E-state index contributed by atoms with van der Waals surface area (Å²) in [5, 5.41) is 29.4. The molecule has 1 saturated heterocycles. The van der Waals surface area contributed by atoms with E-state index in [0.717, 1.165) is 30.5 Å². The number of likely N-dealkylation sites (N-methyl/N-ethyl adjacent to an activating group) is 1. The Kier molecular flexibility index (Phi) is 13.8. The third-order valence-electron chi connectivity index (χ3n) is 12.0. The highest BCUT2D eigenvalue weighted by atomic mass is 16.7. The molecular formula is C41H65N5O6. The average Bonchev–Trinajstić information content (AvgIpc) is 3.44. The quantitative estimate of drug-likeness (QED) is 0.171. The van der Waals surface area contributed by atoms with E-state index >= 15 is 0 Å². The van der Waals surface area contributed by atoms with E-state index in [-0.39, 0.29) is 48.4 Å². The van der Waals surface area contributed by atoms with Crippen LogP contribution < -0.4 is 21.1 Å². The molecule has 11 heteroatoms. The summed E-state index contributed by atoms with van der Waals surface area (Å²) in [5.41, 5.74) is 9.58. The number of nitrogens with one attached hydrogen (secondary N) is 2. The third kappa shape index (κ3) is 9.28. The maximum atomic E-state index is 14.3. The Morgan fingerprint density at radius 3 is 2.42 bits per heavy atom. The summed E-state index contributed by atoms with van der Waals surface area (Å²) < 4.78 is 6.01. The Morgan fingerprint density at radius 1 is 1.13 bits per heavy atom. The second kappa shape index (κ2) is 17.3. The van der Waals surface area contributed by atoms with E-state index in [4.69, 9.17) is 15.3 Å². The van der Waals surface area contributed by atoms with E-state index < -0.39 is 24.2 Å². The molecule has 2 fully saturated rings. The van der Waals surface area contributed by atoms with Crippen molar-refractivity contribution in [3.05, 3.63) is 47.5 Å². The summed E-state index contributed by atoms with van der Waals surface area (Å²) in [6.07, 6.45) is 0.00867. The van der Waals surface area contributed by atoms with Gasteiger partial charge in [-0.05, 0) is 86.7 Å². The van der Waals surface area contributed by atoms with Crippen LogP contribution in [0.2, 0.25) is 0 Å². The lowest BCUT2D eigenvalue weighted by Gasteiger charge is -2.50. The van der Waals surface area contributed by atoms with Crippen LogP contribution in [0.5, 0.6) is 5.75 Å². The predicted octanol–water partition coefficient (Wildman–Crippen LogP) is 4.95. The number of nitrogens with two attached hydrogens (primary N) is 1. The molecule has 52 heavy (non-hydrogen) atoms.